The molecule has 5 heteroatoms. The van der Waals surface area contributed by atoms with Crippen LogP contribution in [0, 0.1) is 11.3 Å². The second-order valence-corrected chi connectivity index (χ2v) is 16.4. The van der Waals surface area contributed by atoms with Crippen LogP contribution in [-0.2, 0) is 5.41 Å². The first-order valence-corrected chi connectivity index (χ1v) is 19.7. The van der Waals surface area contributed by atoms with Crippen molar-refractivity contribution >= 4 is 53.4 Å². The van der Waals surface area contributed by atoms with Crippen LogP contribution in [0.25, 0.3) is 92.7 Å². The summed E-state index contributed by atoms with van der Waals surface area (Å²) in [5, 5.41) is 13.4. The summed E-state index contributed by atoms with van der Waals surface area (Å²) >= 11 is 1.75. The molecule has 3 heterocycles. The van der Waals surface area contributed by atoms with Gasteiger partial charge in [0.15, 0.2) is 5.82 Å². The first-order valence-electron chi connectivity index (χ1n) is 18.9. The van der Waals surface area contributed by atoms with Crippen LogP contribution < -0.4 is 0 Å². The van der Waals surface area contributed by atoms with Crippen LogP contribution in [0.3, 0.4) is 0 Å². The zero-order valence-electron chi connectivity index (χ0n) is 31.3. The van der Waals surface area contributed by atoms with E-state index >= 15 is 0 Å². The van der Waals surface area contributed by atoms with Crippen LogP contribution in [0.4, 0.5) is 0 Å². The molecule has 0 N–H and O–H groups in total. The summed E-state index contributed by atoms with van der Waals surface area (Å²) in [6.07, 6.45) is 0. The van der Waals surface area contributed by atoms with Crippen molar-refractivity contribution < 1.29 is 0 Å². The highest BCUT2D eigenvalue weighted by atomic mass is 32.1. The standard InChI is InChI=1S/C51H36N4S/c1-51(2,3)37-24-26-44-42(30-37)41-27-32(31-52)23-25-43(41)55(44)48-39(33-15-7-4-8-16-33)28-36(29-40(48)34-17-9-5-10-18-34)46-49-47(38-21-13-14-22-45(38)56-49)54-50(53-46)35-19-11-6-12-20-35/h4-30H,1-3H3. The van der Waals surface area contributed by atoms with E-state index in [2.05, 4.69) is 165 Å². The molecule has 266 valence electrons. The summed E-state index contributed by atoms with van der Waals surface area (Å²) in [5.41, 5.74) is 13.3. The van der Waals surface area contributed by atoms with Crippen molar-refractivity contribution in [1.82, 2.24) is 14.5 Å². The topological polar surface area (TPSA) is 54.5 Å². The fourth-order valence-electron chi connectivity index (χ4n) is 7.99. The Bertz CT molecular complexity index is 3100. The third-order valence-corrected chi connectivity index (χ3v) is 12.0. The largest absolute Gasteiger partial charge is 0.308 e. The monoisotopic (exact) mass is 736 g/mol. The Morgan fingerprint density at radius 1 is 0.554 bits per heavy atom. The van der Waals surface area contributed by atoms with E-state index in [1.54, 1.807) is 11.3 Å². The Morgan fingerprint density at radius 3 is 1.75 bits per heavy atom. The summed E-state index contributed by atoms with van der Waals surface area (Å²) in [4.78, 5) is 10.6. The maximum atomic E-state index is 10.0. The van der Waals surface area contributed by atoms with Gasteiger partial charge < -0.3 is 4.57 Å². The smallest absolute Gasteiger partial charge is 0.160 e. The number of nitriles is 1. The zero-order chi connectivity index (χ0) is 38.0. The van der Waals surface area contributed by atoms with Gasteiger partial charge in [-0.3, -0.25) is 0 Å². The minimum atomic E-state index is -0.0461. The molecule has 10 aromatic rings. The van der Waals surface area contributed by atoms with E-state index in [-0.39, 0.29) is 5.41 Å². The van der Waals surface area contributed by atoms with Gasteiger partial charge in [0, 0.05) is 43.1 Å². The third-order valence-electron chi connectivity index (χ3n) is 10.8. The summed E-state index contributed by atoms with van der Waals surface area (Å²) in [7, 11) is 0. The molecule has 0 fully saturated rings. The molecule has 0 atom stereocenters. The Labute approximate surface area is 329 Å². The fourth-order valence-corrected chi connectivity index (χ4v) is 9.14. The van der Waals surface area contributed by atoms with Crippen LogP contribution >= 0.6 is 11.3 Å². The van der Waals surface area contributed by atoms with Crippen molar-refractivity contribution in [2.45, 2.75) is 26.2 Å². The molecule has 0 bridgehead atoms. The van der Waals surface area contributed by atoms with Crippen LogP contribution in [0.15, 0.2) is 164 Å². The molecule has 0 spiro atoms. The summed E-state index contributed by atoms with van der Waals surface area (Å²) in [6, 6.07) is 60.1. The molecule has 7 aromatic carbocycles. The first-order chi connectivity index (χ1) is 27.4. The van der Waals surface area contributed by atoms with Crippen molar-refractivity contribution in [1.29, 1.82) is 5.26 Å². The minimum Gasteiger partial charge on any atom is -0.308 e. The average Bonchev–Trinajstić information content (AvgIpc) is 3.78. The maximum Gasteiger partial charge on any atom is 0.160 e. The van der Waals surface area contributed by atoms with E-state index in [1.165, 1.54) is 10.3 Å². The summed E-state index contributed by atoms with van der Waals surface area (Å²) in [5.74, 6) is 0.702. The van der Waals surface area contributed by atoms with E-state index in [0.29, 0.717) is 11.4 Å². The lowest BCUT2D eigenvalue weighted by atomic mass is 9.86. The molecule has 56 heavy (non-hydrogen) atoms. The molecular weight excluding hydrogens is 701 g/mol. The summed E-state index contributed by atoms with van der Waals surface area (Å²) < 4.78 is 4.66. The van der Waals surface area contributed by atoms with E-state index in [0.717, 1.165) is 82.2 Å². The van der Waals surface area contributed by atoms with Crippen molar-refractivity contribution in [2.75, 3.05) is 0 Å². The van der Waals surface area contributed by atoms with E-state index in [9.17, 15) is 5.26 Å². The highest BCUT2D eigenvalue weighted by Crippen LogP contribution is 2.46. The number of aromatic nitrogens is 3. The van der Waals surface area contributed by atoms with Crippen molar-refractivity contribution in [3.8, 4) is 56.7 Å². The predicted molar refractivity (Wildman–Crippen MR) is 234 cm³/mol. The van der Waals surface area contributed by atoms with Gasteiger partial charge in [-0.2, -0.15) is 5.26 Å². The fraction of sp³-hybridized carbons (Fsp3) is 0.0784. The quantitative estimate of drug-likeness (QED) is 0.177. The van der Waals surface area contributed by atoms with Gasteiger partial charge in [0.25, 0.3) is 0 Å². The number of thiophene rings is 1. The molecule has 0 aliphatic heterocycles. The van der Waals surface area contributed by atoms with Crippen molar-refractivity contribution in [2.24, 2.45) is 0 Å². The van der Waals surface area contributed by atoms with Crippen molar-refractivity contribution in [3.05, 3.63) is 175 Å². The summed E-state index contributed by atoms with van der Waals surface area (Å²) in [6.45, 7) is 6.74. The molecule has 0 unspecified atom stereocenters. The lowest BCUT2D eigenvalue weighted by Gasteiger charge is -2.22. The van der Waals surface area contributed by atoms with Gasteiger partial charge in [-0.15, -0.1) is 11.3 Å². The van der Waals surface area contributed by atoms with Gasteiger partial charge in [0.1, 0.15) is 0 Å². The Balaban J connectivity index is 1.37. The van der Waals surface area contributed by atoms with Gasteiger partial charge >= 0.3 is 0 Å². The zero-order valence-corrected chi connectivity index (χ0v) is 32.1. The molecule has 3 aromatic heterocycles. The number of rotatable bonds is 5. The van der Waals surface area contributed by atoms with Crippen LogP contribution in [-0.4, -0.2) is 14.5 Å². The van der Waals surface area contributed by atoms with Gasteiger partial charge in [0.2, 0.25) is 0 Å². The van der Waals surface area contributed by atoms with Gasteiger partial charge in [-0.05, 0) is 70.6 Å². The molecular formula is C51H36N4S. The average molecular weight is 737 g/mol. The molecule has 4 nitrogen and oxygen atoms in total. The Morgan fingerprint density at radius 2 is 1.12 bits per heavy atom. The second-order valence-electron chi connectivity index (χ2n) is 15.4. The number of nitrogens with zero attached hydrogens (tertiary/aromatic N) is 4. The Hall–Kier alpha value is -6.87. The molecule has 0 saturated carbocycles. The molecule has 0 radical (unpaired) electrons. The molecule has 0 amide bonds. The van der Waals surface area contributed by atoms with Crippen LogP contribution in [0.1, 0.15) is 31.9 Å². The third kappa shape index (κ3) is 5.57. The SMILES string of the molecule is CC(C)(C)c1ccc2c(c1)c1cc(C#N)ccc1n2-c1c(-c2ccccc2)cc(-c2nc(-c3ccccc3)nc3c2sc2ccccc23)cc1-c1ccccc1. The number of fused-ring (bicyclic) bond motifs is 6. The van der Waals surface area contributed by atoms with E-state index in [1.807, 2.05) is 30.3 Å². The van der Waals surface area contributed by atoms with Crippen LogP contribution in [0.2, 0.25) is 0 Å². The first kappa shape index (κ1) is 33.7. The van der Waals surface area contributed by atoms with Gasteiger partial charge in [0.05, 0.1) is 44.3 Å². The molecule has 0 saturated heterocycles. The highest BCUT2D eigenvalue weighted by molar-refractivity contribution is 7.26. The Kier molecular flexibility index (Phi) is 7.92. The number of hydrogen-bond acceptors (Lipinski definition) is 4. The highest BCUT2D eigenvalue weighted by Gasteiger charge is 2.25. The lowest BCUT2D eigenvalue weighted by Crippen LogP contribution is -2.10. The molecule has 0 aliphatic rings. The second kappa shape index (κ2) is 13.2. The predicted octanol–water partition coefficient (Wildman–Crippen LogP) is 13.8. The van der Waals surface area contributed by atoms with Crippen LogP contribution in [0.5, 0.6) is 0 Å². The lowest BCUT2D eigenvalue weighted by molar-refractivity contribution is 0.591. The van der Waals surface area contributed by atoms with E-state index < -0.39 is 0 Å². The molecule has 0 aliphatic carbocycles. The van der Waals surface area contributed by atoms with Gasteiger partial charge in [-0.25, -0.2) is 9.97 Å². The normalized spacial score (nSPS) is 11.8. The van der Waals surface area contributed by atoms with E-state index in [4.69, 9.17) is 9.97 Å². The number of benzene rings is 7. The minimum absolute atomic E-state index is 0.0461. The molecule has 10 rings (SSSR count). The van der Waals surface area contributed by atoms with Gasteiger partial charge in [-0.1, -0.05) is 136 Å². The van der Waals surface area contributed by atoms with Crippen molar-refractivity contribution in [3.63, 3.8) is 0 Å². The maximum absolute atomic E-state index is 10.0. The number of hydrogen-bond donors (Lipinski definition) is 0.